The van der Waals surface area contributed by atoms with E-state index in [1.165, 1.54) is 6.42 Å². The Morgan fingerprint density at radius 1 is 1.45 bits per heavy atom. The van der Waals surface area contributed by atoms with Crippen LogP contribution in [0.5, 0.6) is 0 Å². The number of sulfone groups is 1. The van der Waals surface area contributed by atoms with Gasteiger partial charge in [-0.15, -0.1) is 0 Å². The van der Waals surface area contributed by atoms with Crippen LogP contribution in [0.15, 0.2) is 4.52 Å². The minimum absolute atomic E-state index is 0.130. The highest BCUT2D eigenvalue weighted by Crippen LogP contribution is 2.37. The van der Waals surface area contributed by atoms with Crippen molar-refractivity contribution in [2.75, 3.05) is 6.26 Å². The van der Waals surface area contributed by atoms with E-state index in [9.17, 15) is 8.42 Å². The van der Waals surface area contributed by atoms with Gasteiger partial charge in [0.25, 0.3) is 0 Å². The quantitative estimate of drug-likeness (QED) is 0.912. The predicted molar refractivity (Wildman–Crippen MR) is 75.7 cm³/mol. The van der Waals surface area contributed by atoms with E-state index in [0.29, 0.717) is 11.7 Å². The fourth-order valence-electron chi connectivity index (χ4n) is 2.61. The zero-order valence-corrected chi connectivity index (χ0v) is 13.1. The first-order chi connectivity index (χ1) is 9.26. The van der Waals surface area contributed by atoms with Crippen molar-refractivity contribution in [1.29, 1.82) is 0 Å². The lowest BCUT2D eigenvalue weighted by Crippen LogP contribution is -2.41. The highest BCUT2D eigenvalue weighted by Gasteiger charge is 2.37. The Kier molecular flexibility index (Phi) is 4.20. The van der Waals surface area contributed by atoms with Crippen molar-refractivity contribution in [1.82, 2.24) is 10.1 Å². The number of hydrogen-bond acceptors (Lipinski definition) is 6. The molecular weight excluding hydrogens is 278 g/mol. The number of rotatable bonds is 4. The summed E-state index contributed by atoms with van der Waals surface area (Å²) in [5.74, 6) is 1.29. The second-order valence-corrected chi connectivity index (χ2v) is 8.30. The number of hydrogen-bond donors (Lipinski definition) is 1. The van der Waals surface area contributed by atoms with Gasteiger partial charge in [0.05, 0.1) is 5.54 Å². The molecule has 1 saturated carbocycles. The van der Waals surface area contributed by atoms with Crippen LogP contribution in [0.3, 0.4) is 0 Å². The van der Waals surface area contributed by atoms with E-state index >= 15 is 0 Å². The second kappa shape index (κ2) is 5.44. The fourth-order valence-corrected chi connectivity index (χ4v) is 3.07. The summed E-state index contributed by atoms with van der Waals surface area (Å²) >= 11 is 0. The molecule has 0 aliphatic heterocycles. The van der Waals surface area contributed by atoms with Gasteiger partial charge < -0.3 is 10.3 Å². The molecule has 6 nitrogen and oxygen atoms in total. The molecule has 0 spiro atoms. The molecule has 1 aliphatic carbocycles. The number of nitrogens with zero attached hydrogens (tertiary/aromatic N) is 2. The lowest BCUT2D eigenvalue weighted by Gasteiger charge is -2.34. The van der Waals surface area contributed by atoms with Crippen molar-refractivity contribution in [2.24, 2.45) is 11.7 Å². The summed E-state index contributed by atoms with van der Waals surface area (Å²) < 4.78 is 28.1. The molecule has 0 bridgehead atoms. The third-order valence-corrected chi connectivity index (χ3v) is 5.94. The van der Waals surface area contributed by atoms with Gasteiger partial charge in [-0.1, -0.05) is 18.5 Å². The Morgan fingerprint density at radius 3 is 2.55 bits per heavy atom. The first kappa shape index (κ1) is 15.4. The van der Waals surface area contributed by atoms with Crippen LogP contribution in [0, 0.1) is 5.92 Å². The van der Waals surface area contributed by atoms with E-state index in [4.69, 9.17) is 10.3 Å². The van der Waals surface area contributed by atoms with Gasteiger partial charge in [-0.05, 0) is 38.5 Å². The molecule has 1 fully saturated rings. The van der Waals surface area contributed by atoms with E-state index in [-0.39, 0.29) is 5.89 Å². The number of aromatic nitrogens is 2. The predicted octanol–water partition coefficient (Wildman–Crippen LogP) is 1.93. The number of nitrogens with two attached hydrogens (primary N) is 1. The molecule has 1 aromatic rings. The Hall–Kier alpha value is -0.950. The molecule has 1 heterocycles. The third-order valence-electron chi connectivity index (χ3n) is 4.45. The Morgan fingerprint density at radius 2 is 2.05 bits per heavy atom. The largest absolute Gasteiger partial charge is 0.338 e. The van der Waals surface area contributed by atoms with E-state index in [1.807, 2.05) is 0 Å². The minimum atomic E-state index is -3.24. The normalized spacial score (nSPS) is 29.3. The monoisotopic (exact) mass is 301 g/mol. The van der Waals surface area contributed by atoms with E-state index in [2.05, 4.69) is 17.1 Å². The molecule has 0 aromatic carbocycles. The molecule has 0 radical (unpaired) electrons. The van der Waals surface area contributed by atoms with Crippen LogP contribution in [0.1, 0.15) is 62.9 Å². The lowest BCUT2D eigenvalue weighted by molar-refractivity contribution is 0.216. The van der Waals surface area contributed by atoms with Crippen LogP contribution in [-0.4, -0.2) is 24.8 Å². The van der Waals surface area contributed by atoms with E-state index in [0.717, 1.165) is 31.9 Å². The zero-order valence-electron chi connectivity index (χ0n) is 12.3. The Labute approximate surface area is 120 Å². The van der Waals surface area contributed by atoms with Crippen LogP contribution in [0.4, 0.5) is 0 Å². The SMILES string of the molecule is CCC1CCC(N)(c2noc(C(C)S(C)(=O)=O)n2)CC1. The van der Waals surface area contributed by atoms with Gasteiger partial charge in [0.1, 0.15) is 5.25 Å². The van der Waals surface area contributed by atoms with Crippen LogP contribution in [-0.2, 0) is 15.4 Å². The molecule has 1 atom stereocenters. The van der Waals surface area contributed by atoms with E-state index in [1.54, 1.807) is 6.92 Å². The summed E-state index contributed by atoms with van der Waals surface area (Å²) in [6.45, 7) is 3.73. The molecule has 2 N–H and O–H groups in total. The topological polar surface area (TPSA) is 99.1 Å². The molecule has 114 valence electrons. The summed E-state index contributed by atoms with van der Waals surface area (Å²) in [7, 11) is -3.24. The maximum absolute atomic E-state index is 11.5. The van der Waals surface area contributed by atoms with Gasteiger partial charge in [-0.2, -0.15) is 4.98 Å². The Balaban J connectivity index is 2.17. The van der Waals surface area contributed by atoms with Crippen molar-refractivity contribution in [3.05, 3.63) is 11.7 Å². The van der Waals surface area contributed by atoms with Crippen molar-refractivity contribution in [2.45, 2.75) is 56.7 Å². The highest BCUT2D eigenvalue weighted by atomic mass is 32.2. The van der Waals surface area contributed by atoms with Crippen molar-refractivity contribution < 1.29 is 12.9 Å². The molecule has 0 saturated heterocycles. The molecule has 1 unspecified atom stereocenters. The van der Waals surface area contributed by atoms with E-state index < -0.39 is 20.6 Å². The van der Waals surface area contributed by atoms with Gasteiger partial charge >= 0.3 is 0 Å². The summed E-state index contributed by atoms with van der Waals surface area (Å²) in [5.41, 5.74) is 5.81. The summed E-state index contributed by atoms with van der Waals surface area (Å²) in [5, 5.41) is 3.13. The van der Waals surface area contributed by atoms with Gasteiger partial charge in [0, 0.05) is 6.26 Å². The first-order valence-corrected chi connectivity index (χ1v) is 9.03. The molecule has 2 rings (SSSR count). The smallest absolute Gasteiger partial charge is 0.244 e. The lowest BCUT2D eigenvalue weighted by atomic mass is 9.76. The second-order valence-electron chi connectivity index (χ2n) is 5.94. The average molecular weight is 301 g/mol. The molecular formula is C13H23N3O3S. The summed E-state index contributed by atoms with van der Waals surface area (Å²) in [6.07, 6.45) is 6.07. The standard InChI is InChI=1S/C13H23N3O3S/c1-4-10-5-7-13(14,8-6-10)12-15-11(19-16-12)9(2)20(3,17)18/h9-10H,4-8,14H2,1-3H3. The van der Waals surface area contributed by atoms with Crippen LogP contribution in [0.25, 0.3) is 0 Å². The molecule has 7 heteroatoms. The zero-order chi connectivity index (χ0) is 15.0. The Bertz CT molecular complexity index is 559. The van der Waals surface area contributed by atoms with Crippen LogP contribution >= 0.6 is 0 Å². The van der Waals surface area contributed by atoms with Crippen molar-refractivity contribution in [3.63, 3.8) is 0 Å². The first-order valence-electron chi connectivity index (χ1n) is 7.08. The molecule has 1 aliphatic rings. The summed E-state index contributed by atoms with van der Waals surface area (Å²) in [6, 6.07) is 0. The maximum atomic E-state index is 11.5. The van der Waals surface area contributed by atoms with Gasteiger partial charge in [0.15, 0.2) is 15.7 Å². The van der Waals surface area contributed by atoms with Crippen LogP contribution in [0.2, 0.25) is 0 Å². The minimum Gasteiger partial charge on any atom is -0.338 e. The fraction of sp³-hybridized carbons (Fsp3) is 0.846. The maximum Gasteiger partial charge on any atom is 0.244 e. The third kappa shape index (κ3) is 3.03. The molecule has 0 amide bonds. The summed E-state index contributed by atoms with van der Waals surface area (Å²) in [4.78, 5) is 4.24. The van der Waals surface area contributed by atoms with Gasteiger partial charge in [-0.3, -0.25) is 0 Å². The van der Waals surface area contributed by atoms with Gasteiger partial charge in [-0.25, -0.2) is 8.42 Å². The molecule has 1 aromatic heterocycles. The van der Waals surface area contributed by atoms with Crippen molar-refractivity contribution >= 4 is 9.84 Å². The average Bonchev–Trinajstić information content (AvgIpc) is 2.88. The van der Waals surface area contributed by atoms with Gasteiger partial charge in [0.2, 0.25) is 5.89 Å². The highest BCUT2D eigenvalue weighted by molar-refractivity contribution is 7.90. The van der Waals surface area contributed by atoms with Crippen molar-refractivity contribution in [3.8, 4) is 0 Å². The molecule has 20 heavy (non-hydrogen) atoms. The van der Waals surface area contributed by atoms with Crippen LogP contribution < -0.4 is 5.73 Å².